The predicted molar refractivity (Wildman–Crippen MR) is 162 cm³/mol. The first kappa shape index (κ1) is 30.8. The Morgan fingerprint density at radius 3 is 1.76 bits per heavy atom. The molecule has 0 fully saturated rings. The van der Waals surface area contributed by atoms with Gasteiger partial charge in [-0.25, -0.2) is 0 Å². The molecule has 0 amide bonds. The predicted octanol–water partition coefficient (Wildman–Crippen LogP) is 5.91. The van der Waals surface area contributed by atoms with E-state index in [1.807, 2.05) is 0 Å². The number of anilines is 1. The Kier molecular flexibility index (Phi) is 8.34. The number of hydrogen-bond donors (Lipinski definition) is 5. The van der Waals surface area contributed by atoms with E-state index in [1.54, 1.807) is 24.3 Å². The number of fused-ring (bicyclic) bond motifs is 1. The summed E-state index contributed by atoms with van der Waals surface area (Å²) in [5.74, 6) is -1.43. The Morgan fingerprint density at radius 1 is 0.622 bits per heavy atom. The fourth-order valence-electron chi connectivity index (χ4n) is 3.88. The van der Waals surface area contributed by atoms with E-state index in [4.69, 9.17) is 4.55 Å². The van der Waals surface area contributed by atoms with Gasteiger partial charge in [0.05, 0.1) is 32.5 Å². The maximum atomic E-state index is 12.4. The smallest absolute Gasteiger partial charge is 0.294 e. The van der Waals surface area contributed by atoms with Gasteiger partial charge in [-0.1, -0.05) is 0 Å². The standard InChI is InChI=1S/C28H20N6O9S2/c35-26-13-22(45(41,42)43)12-16-11-20(7-10-23(16)26)32-34-25-14-24(27(36)15-28(25)37)33-31-18-3-1-17(2-4-18)29-30-19-5-8-21(9-6-19)44(38,39)40/h1-15,32,35-36H,(H,38,39,40)(H,41,42,43)/b30-29?,33-31?,34-25-. The van der Waals surface area contributed by atoms with Crippen LogP contribution in [0, 0.1) is 0 Å². The van der Waals surface area contributed by atoms with E-state index in [2.05, 4.69) is 31.0 Å². The molecule has 0 saturated carbocycles. The highest BCUT2D eigenvalue weighted by Gasteiger charge is 2.19. The van der Waals surface area contributed by atoms with Crippen LogP contribution in [0.4, 0.5) is 22.7 Å². The van der Waals surface area contributed by atoms with E-state index in [1.165, 1.54) is 48.5 Å². The van der Waals surface area contributed by atoms with E-state index >= 15 is 0 Å². The second kappa shape index (κ2) is 12.2. The lowest BCUT2D eigenvalue weighted by Gasteiger charge is -2.09. The van der Waals surface area contributed by atoms with Crippen LogP contribution in [0.3, 0.4) is 0 Å². The van der Waals surface area contributed by atoms with Crippen molar-refractivity contribution in [1.29, 1.82) is 0 Å². The van der Waals surface area contributed by atoms with Crippen molar-refractivity contribution in [1.82, 2.24) is 0 Å². The molecule has 0 heterocycles. The molecule has 228 valence electrons. The summed E-state index contributed by atoms with van der Waals surface area (Å²) in [6.45, 7) is 0. The lowest BCUT2D eigenvalue weighted by atomic mass is 10.1. The summed E-state index contributed by atoms with van der Waals surface area (Å²) in [5.41, 5.74) is 3.95. The van der Waals surface area contributed by atoms with E-state index in [0.717, 1.165) is 18.2 Å². The van der Waals surface area contributed by atoms with Crippen LogP contribution in [0.25, 0.3) is 10.8 Å². The fourth-order valence-corrected chi connectivity index (χ4v) is 4.89. The lowest BCUT2D eigenvalue weighted by molar-refractivity contribution is -0.109. The van der Waals surface area contributed by atoms with Gasteiger partial charge in [-0.3, -0.25) is 19.3 Å². The Bertz CT molecular complexity index is 2210. The van der Waals surface area contributed by atoms with Gasteiger partial charge in [0.1, 0.15) is 22.9 Å². The molecule has 0 aromatic heterocycles. The zero-order chi connectivity index (χ0) is 32.4. The van der Waals surface area contributed by atoms with Crippen LogP contribution in [-0.4, -0.2) is 47.6 Å². The molecule has 5 N–H and O–H groups in total. The number of allylic oxidation sites excluding steroid dienone is 2. The molecule has 1 aliphatic rings. The number of hydrogen-bond acceptors (Lipinski definition) is 13. The van der Waals surface area contributed by atoms with E-state index in [9.17, 15) is 36.4 Å². The monoisotopic (exact) mass is 648 g/mol. The second-order valence-corrected chi connectivity index (χ2v) is 12.1. The van der Waals surface area contributed by atoms with Crippen molar-refractivity contribution >= 4 is 65.3 Å². The summed E-state index contributed by atoms with van der Waals surface area (Å²) in [4.78, 5) is 11.6. The first-order valence-electron chi connectivity index (χ1n) is 12.5. The van der Waals surface area contributed by atoms with Crippen LogP contribution in [0.5, 0.6) is 5.75 Å². The molecule has 0 bridgehead atoms. The third-order valence-electron chi connectivity index (χ3n) is 6.10. The summed E-state index contributed by atoms with van der Waals surface area (Å²) in [7, 11) is -8.88. The van der Waals surface area contributed by atoms with Crippen molar-refractivity contribution in [2.45, 2.75) is 9.79 Å². The van der Waals surface area contributed by atoms with Gasteiger partial charge in [-0.05, 0) is 78.2 Å². The molecule has 45 heavy (non-hydrogen) atoms. The van der Waals surface area contributed by atoms with Gasteiger partial charge in [0.15, 0.2) is 0 Å². The summed E-state index contributed by atoms with van der Waals surface area (Å²) < 4.78 is 63.6. The highest BCUT2D eigenvalue weighted by atomic mass is 32.2. The highest BCUT2D eigenvalue weighted by molar-refractivity contribution is 7.86. The number of nitrogens with zero attached hydrogens (tertiary/aromatic N) is 5. The number of rotatable bonds is 8. The second-order valence-electron chi connectivity index (χ2n) is 9.27. The quantitative estimate of drug-likeness (QED) is 0.0654. The zero-order valence-corrected chi connectivity index (χ0v) is 24.2. The number of phenolic OH excluding ortho intramolecular Hbond substituents is 1. The minimum absolute atomic E-state index is 0.0616. The van der Waals surface area contributed by atoms with E-state index in [0.29, 0.717) is 28.1 Å². The topological polar surface area (TPSA) is 240 Å². The van der Waals surface area contributed by atoms with E-state index < -0.39 is 36.7 Å². The van der Waals surface area contributed by atoms with Crippen LogP contribution in [-0.2, 0) is 25.0 Å². The number of aliphatic hydroxyl groups is 1. The molecule has 1 aliphatic carbocycles. The number of carbonyl (C=O) groups is 1. The number of ketones is 1. The minimum atomic E-state index is -4.56. The average molecular weight is 649 g/mol. The van der Waals surface area contributed by atoms with Crippen molar-refractivity contribution in [2.24, 2.45) is 25.6 Å². The summed E-state index contributed by atoms with van der Waals surface area (Å²) >= 11 is 0. The minimum Gasteiger partial charge on any atom is -0.507 e. The maximum absolute atomic E-state index is 12.4. The molecule has 0 saturated heterocycles. The first-order chi connectivity index (χ1) is 21.3. The molecular formula is C28H20N6O9S2. The summed E-state index contributed by atoms with van der Waals surface area (Å²) in [5, 5.41) is 41.0. The molecule has 4 aromatic carbocycles. The fraction of sp³-hybridized carbons (Fsp3) is 0. The Hall–Kier alpha value is -5.62. The molecule has 4 aromatic rings. The highest BCUT2D eigenvalue weighted by Crippen LogP contribution is 2.31. The molecular weight excluding hydrogens is 628 g/mol. The van der Waals surface area contributed by atoms with Gasteiger partial charge in [0, 0.05) is 23.6 Å². The van der Waals surface area contributed by atoms with Crippen molar-refractivity contribution < 1.29 is 40.9 Å². The SMILES string of the molecule is O=C1C=C(O)C(N=Nc2ccc(N=Nc3ccc(S(=O)(=O)O)cc3)cc2)=C/C1=N/Nc1ccc2c(O)cc(S(=O)(=O)O)cc2c1. The Labute approximate surface area is 254 Å². The molecule has 0 unspecified atom stereocenters. The number of aromatic hydroxyl groups is 1. The summed E-state index contributed by atoms with van der Waals surface area (Å²) in [6.07, 6.45) is 2.12. The molecule has 17 heteroatoms. The molecule has 15 nitrogen and oxygen atoms in total. The van der Waals surface area contributed by atoms with Gasteiger partial charge >= 0.3 is 0 Å². The third kappa shape index (κ3) is 7.48. The largest absolute Gasteiger partial charge is 0.507 e. The van der Waals surface area contributed by atoms with E-state index in [-0.39, 0.29) is 27.4 Å². The molecule has 0 spiro atoms. The number of hydrazone groups is 1. The maximum Gasteiger partial charge on any atom is 0.294 e. The molecule has 0 radical (unpaired) electrons. The van der Waals surface area contributed by atoms with Crippen LogP contribution in [0.2, 0.25) is 0 Å². The van der Waals surface area contributed by atoms with Crippen LogP contribution in [0.1, 0.15) is 0 Å². The van der Waals surface area contributed by atoms with Gasteiger partial charge in [0.25, 0.3) is 20.2 Å². The first-order valence-corrected chi connectivity index (χ1v) is 15.4. The number of azo groups is 2. The number of aliphatic hydroxyl groups excluding tert-OH is 1. The number of phenols is 1. The lowest BCUT2D eigenvalue weighted by Crippen LogP contribution is -2.16. The van der Waals surface area contributed by atoms with Gasteiger partial charge in [-0.15, -0.1) is 5.11 Å². The number of nitrogens with one attached hydrogen (secondary N) is 1. The molecule has 5 rings (SSSR count). The molecule has 0 aliphatic heterocycles. The van der Waals surface area contributed by atoms with Crippen LogP contribution >= 0.6 is 0 Å². The van der Waals surface area contributed by atoms with Crippen molar-refractivity contribution in [3.63, 3.8) is 0 Å². The van der Waals surface area contributed by atoms with Gasteiger partial charge in [0.2, 0.25) is 5.78 Å². The summed E-state index contributed by atoms with van der Waals surface area (Å²) in [6, 6.07) is 18.0. The average Bonchev–Trinajstić information content (AvgIpc) is 2.99. The Morgan fingerprint density at radius 2 is 1.18 bits per heavy atom. The third-order valence-corrected chi connectivity index (χ3v) is 7.80. The van der Waals surface area contributed by atoms with Crippen LogP contribution in [0.15, 0.2) is 138 Å². The number of benzene rings is 4. The number of carbonyl (C=O) groups excluding carboxylic acids is 1. The normalized spacial score (nSPS) is 15.2. The van der Waals surface area contributed by atoms with Crippen molar-refractivity contribution in [2.75, 3.05) is 5.43 Å². The van der Waals surface area contributed by atoms with Crippen LogP contribution < -0.4 is 5.43 Å². The Balaban J connectivity index is 1.29. The van der Waals surface area contributed by atoms with Gasteiger partial charge < -0.3 is 10.2 Å². The zero-order valence-electron chi connectivity index (χ0n) is 22.5. The van der Waals surface area contributed by atoms with Crippen molar-refractivity contribution in [3.05, 3.63) is 102 Å². The molecule has 0 atom stereocenters. The van der Waals surface area contributed by atoms with Crippen molar-refractivity contribution in [3.8, 4) is 5.75 Å². The van der Waals surface area contributed by atoms with Gasteiger partial charge in [-0.2, -0.15) is 37.3 Å².